The monoisotopic (exact) mass is 325 g/mol. The number of amides is 1. The number of ether oxygens (including phenoxy) is 1. The molecule has 2 aromatic rings. The number of hydrogen-bond donors (Lipinski definition) is 2. The normalized spacial score (nSPS) is 22.8. The number of para-hydroxylation sites is 1. The van der Waals surface area contributed by atoms with Gasteiger partial charge in [-0.25, -0.2) is 0 Å². The molecule has 3 heterocycles. The first-order valence-corrected chi connectivity index (χ1v) is 8.58. The van der Waals surface area contributed by atoms with Crippen LogP contribution in [-0.2, 0) is 11.3 Å². The molecule has 2 aliphatic heterocycles. The van der Waals surface area contributed by atoms with Crippen LogP contribution in [0.15, 0.2) is 30.3 Å². The van der Waals surface area contributed by atoms with Gasteiger partial charge in [-0.1, -0.05) is 12.1 Å². The van der Waals surface area contributed by atoms with Gasteiger partial charge in [0.25, 0.3) is 5.91 Å². The van der Waals surface area contributed by atoms with Crippen LogP contribution in [0, 0.1) is 13.8 Å². The van der Waals surface area contributed by atoms with E-state index in [9.17, 15) is 4.79 Å². The van der Waals surface area contributed by atoms with Crippen LogP contribution < -0.4 is 10.6 Å². The summed E-state index contributed by atoms with van der Waals surface area (Å²) in [6.45, 7) is 5.98. The van der Waals surface area contributed by atoms with E-state index in [1.165, 1.54) is 11.4 Å². The molecule has 24 heavy (non-hydrogen) atoms. The van der Waals surface area contributed by atoms with Crippen molar-refractivity contribution >= 4 is 11.6 Å². The van der Waals surface area contributed by atoms with Gasteiger partial charge >= 0.3 is 0 Å². The van der Waals surface area contributed by atoms with E-state index in [1.807, 2.05) is 24.3 Å². The predicted molar refractivity (Wildman–Crippen MR) is 93.2 cm³/mol. The van der Waals surface area contributed by atoms with Crippen LogP contribution in [0.5, 0.6) is 0 Å². The van der Waals surface area contributed by atoms with E-state index in [1.54, 1.807) is 0 Å². The maximum absolute atomic E-state index is 12.4. The van der Waals surface area contributed by atoms with Gasteiger partial charge in [0.1, 0.15) is 6.17 Å². The van der Waals surface area contributed by atoms with Gasteiger partial charge in [-0.05, 0) is 44.9 Å². The van der Waals surface area contributed by atoms with Crippen LogP contribution in [0.2, 0.25) is 0 Å². The Labute approximate surface area is 142 Å². The molecule has 5 heteroatoms. The highest BCUT2D eigenvalue weighted by Gasteiger charge is 2.27. The number of aryl methyl sites for hydroxylation is 1. The molecular weight excluding hydrogens is 302 g/mol. The summed E-state index contributed by atoms with van der Waals surface area (Å²) in [6.07, 6.45) is 2.38. The van der Waals surface area contributed by atoms with Crippen molar-refractivity contribution in [1.29, 1.82) is 0 Å². The topological polar surface area (TPSA) is 55.3 Å². The van der Waals surface area contributed by atoms with Crippen LogP contribution in [0.1, 0.15) is 46.3 Å². The SMILES string of the molecule is Cc1cc([C@H]2NC(=O)c3ccccc3N2)c(C)n1C[C@H]1CCCO1. The van der Waals surface area contributed by atoms with E-state index in [2.05, 4.69) is 35.1 Å². The fraction of sp³-hybridized carbons (Fsp3) is 0.421. The second-order valence-corrected chi connectivity index (χ2v) is 6.67. The van der Waals surface area contributed by atoms with Gasteiger partial charge in [0, 0.05) is 35.8 Å². The fourth-order valence-electron chi connectivity index (χ4n) is 3.76. The summed E-state index contributed by atoms with van der Waals surface area (Å²) in [5.74, 6) is -0.0294. The number of anilines is 1. The van der Waals surface area contributed by atoms with Crippen LogP contribution in [0.3, 0.4) is 0 Å². The molecule has 2 atom stereocenters. The Hall–Kier alpha value is -2.27. The highest BCUT2D eigenvalue weighted by Crippen LogP contribution is 2.30. The molecule has 0 saturated carbocycles. The van der Waals surface area contributed by atoms with E-state index in [4.69, 9.17) is 4.74 Å². The number of benzene rings is 1. The van der Waals surface area contributed by atoms with Crippen LogP contribution in [-0.4, -0.2) is 23.2 Å². The Bertz CT molecular complexity index is 775. The first-order chi connectivity index (χ1) is 11.6. The number of hydrogen-bond acceptors (Lipinski definition) is 3. The zero-order valence-electron chi connectivity index (χ0n) is 14.1. The average molecular weight is 325 g/mol. The summed E-state index contributed by atoms with van der Waals surface area (Å²) in [4.78, 5) is 12.4. The van der Waals surface area contributed by atoms with E-state index >= 15 is 0 Å². The number of rotatable bonds is 3. The second kappa shape index (κ2) is 5.98. The maximum atomic E-state index is 12.4. The zero-order valence-corrected chi connectivity index (χ0v) is 14.1. The van der Waals surface area contributed by atoms with Crippen molar-refractivity contribution in [3.8, 4) is 0 Å². The molecule has 2 N–H and O–H groups in total. The Kier molecular flexibility index (Phi) is 3.81. The van der Waals surface area contributed by atoms with E-state index in [0.717, 1.165) is 37.2 Å². The quantitative estimate of drug-likeness (QED) is 0.911. The summed E-state index contributed by atoms with van der Waals surface area (Å²) in [5.41, 5.74) is 5.08. The first kappa shape index (κ1) is 15.3. The fourth-order valence-corrected chi connectivity index (χ4v) is 3.76. The number of carbonyl (C=O) groups is 1. The largest absolute Gasteiger partial charge is 0.376 e. The van der Waals surface area contributed by atoms with E-state index in [0.29, 0.717) is 11.7 Å². The van der Waals surface area contributed by atoms with Crippen molar-refractivity contribution in [1.82, 2.24) is 9.88 Å². The second-order valence-electron chi connectivity index (χ2n) is 6.67. The standard InChI is InChI=1S/C19H23N3O2/c1-12-10-16(13(2)22(12)11-14-6-5-9-24-14)18-20-17-8-4-3-7-15(17)19(23)21-18/h3-4,7-8,10,14,18,20H,5-6,9,11H2,1-2H3,(H,21,23)/t14-,18-/m1/s1. The molecule has 1 saturated heterocycles. The van der Waals surface area contributed by atoms with Gasteiger partial charge in [0.15, 0.2) is 0 Å². The number of nitrogens with one attached hydrogen (secondary N) is 2. The molecule has 0 radical (unpaired) electrons. The molecule has 1 aromatic heterocycles. The average Bonchev–Trinajstić information content (AvgIpc) is 3.18. The molecule has 0 bridgehead atoms. The lowest BCUT2D eigenvalue weighted by Crippen LogP contribution is -2.38. The molecular formula is C19H23N3O2. The minimum atomic E-state index is -0.197. The lowest BCUT2D eigenvalue weighted by atomic mass is 10.1. The molecule has 5 nitrogen and oxygen atoms in total. The van der Waals surface area contributed by atoms with Crippen molar-refractivity contribution in [3.63, 3.8) is 0 Å². The van der Waals surface area contributed by atoms with Gasteiger partial charge in [-0.2, -0.15) is 0 Å². The lowest BCUT2D eigenvalue weighted by Gasteiger charge is -2.28. The van der Waals surface area contributed by atoms with Crippen molar-refractivity contribution in [3.05, 3.63) is 52.8 Å². The lowest BCUT2D eigenvalue weighted by molar-refractivity contribution is 0.0933. The Morgan fingerprint density at radius 2 is 2.08 bits per heavy atom. The highest BCUT2D eigenvalue weighted by molar-refractivity contribution is 6.01. The van der Waals surface area contributed by atoms with E-state index < -0.39 is 0 Å². The minimum absolute atomic E-state index is 0.0294. The molecule has 0 aliphatic carbocycles. The number of nitrogens with zero attached hydrogens (tertiary/aromatic N) is 1. The Morgan fingerprint density at radius 1 is 1.25 bits per heavy atom. The van der Waals surface area contributed by atoms with Crippen molar-refractivity contribution in [2.45, 2.75) is 45.5 Å². The predicted octanol–water partition coefficient (Wildman–Crippen LogP) is 3.14. The molecule has 1 aromatic carbocycles. The minimum Gasteiger partial charge on any atom is -0.376 e. The van der Waals surface area contributed by atoms with Gasteiger partial charge in [0.2, 0.25) is 0 Å². The third-order valence-electron chi connectivity index (χ3n) is 5.08. The summed E-state index contributed by atoms with van der Waals surface area (Å²) < 4.78 is 8.08. The van der Waals surface area contributed by atoms with Crippen molar-refractivity contribution in [2.24, 2.45) is 0 Å². The number of aromatic nitrogens is 1. The molecule has 126 valence electrons. The summed E-state index contributed by atoms with van der Waals surface area (Å²) in [7, 11) is 0. The smallest absolute Gasteiger partial charge is 0.255 e. The van der Waals surface area contributed by atoms with Gasteiger partial charge < -0.3 is 19.9 Å². The molecule has 4 rings (SSSR count). The summed E-state index contributed by atoms with van der Waals surface area (Å²) in [6, 6.07) is 9.79. The zero-order chi connectivity index (χ0) is 16.7. The van der Waals surface area contributed by atoms with E-state index in [-0.39, 0.29) is 12.1 Å². The van der Waals surface area contributed by atoms with Crippen molar-refractivity contribution in [2.75, 3.05) is 11.9 Å². The van der Waals surface area contributed by atoms with Crippen molar-refractivity contribution < 1.29 is 9.53 Å². The summed E-state index contributed by atoms with van der Waals surface area (Å²) >= 11 is 0. The molecule has 1 fully saturated rings. The molecule has 0 spiro atoms. The number of carbonyl (C=O) groups excluding carboxylic acids is 1. The third-order valence-corrected chi connectivity index (χ3v) is 5.08. The Balaban J connectivity index is 1.62. The Morgan fingerprint density at radius 3 is 2.88 bits per heavy atom. The van der Waals surface area contributed by atoms with Crippen LogP contribution >= 0.6 is 0 Å². The molecule has 2 aliphatic rings. The number of fused-ring (bicyclic) bond motifs is 1. The van der Waals surface area contributed by atoms with Crippen LogP contribution in [0.4, 0.5) is 5.69 Å². The third kappa shape index (κ3) is 2.59. The van der Waals surface area contributed by atoms with Gasteiger partial charge in [-0.15, -0.1) is 0 Å². The van der Waals surface area contributed by atoms with Gasteiger partial charge in [-0.3, -0.25) is 4.79 Å². The molecule has 0 unspecified atom stereocenters. The first-order valence-electron chi connectivity index (χ1n) is 8.58. The van der Waals surface area contributed by atoms with Gasteiger partial charge in [0.05, 0.1) is 11.7 Å². The van der Waals surface area contributed by atoms with Crippen LogP contribution in [0.25, 0.3) is 0 Å². The summed E-state index contributed by atoms with van der Waals surface area (Å²) in [5, 5.41) is 6.51. The maximum Gasteiger partial charge on any atom is 0.255 e. The molecule has 1 amide bonds. The highest BCUT2D eigenvalue weighted by atomic mass is 16.5.